The fraction of sp³-hybridized carbons (Fsp3) is 0.207. The van der Waals surface area contributed by atoms with Crippen molar-refractivity contribution in [2.45, 2.75) is 12.6 Å². The second-order valence-corrected chi connectivity index (χ2v) is 9.42. The maximum absolute atomic E-state index is 13.5. The van der Waals surface area contributed by atoms with Crippen molar-refractivity contribution in [2.75, 3.05) is 27.2 Å². The second kappa shape index (κ2) is 11.2. The third kappa shape index (κ3) is 6.42. The molecule has 1 heterocycles. The molecule has 0 unspecified atom stereocenters. The average Bonchev–Trinajstić information content (AvgIpc) is 3.32. The summed E-state index contributed by atoms with van der Waals surface area (Å²) in [5.74, 6) is -0.166. The zero-order valence-electron chi connectivity index (χ0n) is 20.5. The van der Waals surface area contributed by atoms with Crippen molar-refractivity contribution < 1.29 is 18.0 Å². The molecule has 0 saturated heterocycles. The number of halogens is 4. The summed E-state index contributed by atoms with van der Waals surface area (Å²) in [6, 6.07) is 23.2. The Morgan fingerprint density at radius 1 is 0.892 bits per heavy atom. The molecule has 4 rings (SSSR count). The number of nitrogens with one attached hydrogen (secondary N) is 1. The first-order valence-electron chi connectivity index (χ1n) is 11.8. The predicted molar refractivity (Wildman–Crippen MR) is 142 cm³/mol. The summed E-state index contributed by atoms with van der Waals surface area (Å²) in [4.78, 5) is 14.6. The van der Waals surface area contributed by atoms with Crippen LogP contribution in [0.4, 0.5) is 13.2 Å². The summed E-state index contributed by atoms with van der Waals surface area (Å²) in [6.45, 7) is 1.45. The van der Waals surface area contributed by atoms with E-state index in [1.54, 1.807) is 47.0 Å². The fourth-order valence-corrected chi connectivity index (χ4v) is 4.23. The largest absolute Gasteiger partial charge is 0.416 e. The molecule has 192 valence electrons. The van der Waals surface area contributed by atoms with Crippen LogP contribution in [0.3, 0.4) is 0 Å². The van der Waals surface area contributed by atoms with Crippen molar-refractivity contribution >= 4 is 17.5 Å². The third-order valence-corrected chi connectivity index (χ3v) is 6.22. The molecule has 3 aromatic carbocycles. The molecule has 0 spiro atoms. The maximum atomic E-state index is 13.5. The maximum Gasteiger partial charge on any atom is 0.416 e. The summed E-state index contributed by atoms with van der Waals surface area (Å²) in [5, 5.41) is 3.48. The lowest BCUT2D eigenvalue weighted by molar-refractivity contribution is -0.137. The first-order chi connectivity index (χ1) is 17.6. The van der Waals surface area contributed by atoms with Crippen molar-refractivity contribution in [3.05, 3.63) is 101 Å². The molecule has 0 bridgehead atoms. The first-order valence-corrected chi connectivity index (χ1v) is 12.2. The summed E-state index contributed by atoms with van der Waals surface area (Å²) >= 11 is 6.06. The van der Waals surface area contributed by atoms with E-state index in [-0.39, 0.29) is 5.91 Å². The van der Waals surface area contributed by atoms with Gasteiger partial charge in [-0.2, -0.15) is 13.2 Å². The highest BCUT2D eigenvalue weighted by atomic mass is 35.5. The van der Waals surface area contributed by atoms with Crippen LogP contribution in [0, 0.1) is 0 Å². The molecule has 0 aliphatic heterocycles. The van der Waals surface area contributed by atoms with Crippen molar-refractivity contribution in [2.24, 2.45) is 0 Å². The number of alkyl halides is 3. The molecule has 0 fully saturated rings. The minimum atomic E-state index is -4.47. The number of hydrogen-bond donors (Lipinski definition) is 1. The van der Waals surface area contributed by atoms with Crippen LogP contribution in [0.25, 0.3) is 28.2 Å². The third-order valence-electron chi connectivity index (χ3n) is 5.96. The van der Waals surface area contributed by atoms with Crippen molar-refractivity contribution in [1.82, 2.24) is 14.8 Å². The van der Waals surface area contributed by atoms with Gasteiger partial charge in [-0.1, -0.05) is 41.9 Å². The molecule has 4 aromatic rings. The van der Waals surface area contributed by atoms with Gasteiger partial charge in [0.05, 0.1) is 17.0 Å². The van der Waals surface area contributed by atoms with E-state index in [1.165, 1.54) is 6.07 Å². The van der Waals surface area contributed by atoms with Crippen molar-refractivity contribution in [3.8, 4) is 28.2 Å². The zero-order valence-corrected chi connectivity index (χ0v) is 21.3. The Balaban J connectivity index is 1.70. The minimum Gasteiger partial charge on any atom is -0.352 e. The molecule has 0 aliphatic carbocycles. The Morgan fingerprint density at radius 3 is 2.05 bits per heavy atom. The number of nitrogens with zero attached hydrogens (tertiary/aromatic N) is 2. The number of carbonyl (C=O) groups is 1. The Kier molecular flexibility index (Phi) is 8.05. The van der Waals surface area contributed by atoms with Crippen molar-refractivity contribution in [1.29, 1.82) is 0 Å². The van der Waals surface area contributed by atoms with Crippen LogP contribution in [0.2, 0.25) is 5.02 Å². The zero-order chi connectivity index (χ0) is 26.6. The van der Waals surface area contributed by atoms with E-state index in [1.807, 2.05) is 38.4 Å². The molecule has 0 radical (unpaired) electrons. The van der Waals surface area contributed by atoms with Gasteiger partial charge in [-0.05, 0) is 92.8 Å². The number of hydrogen-bond acceptors (Lipinski definition) is 2. The van der Waals surface area contributed by atoms with Crippen LogP contribution in [-0.2, 0) is 6.18 Å². The van der Waals surface area contributed by atoms with Gasteiger partial charge in [0.1, 0.15) is 0 Å². The molecule has 0 atom stereocenters. The van der Waals surface area contributed by atoms with Gasteiger partial charge in [0.25, 0.3) is 5.91 Å². The molecule has 4 nitrogen and oxygen atoms in total. The molecule has 1 amide bonds. The molecule has 1 N–H and O–H groups in total. The van der Waals surface area contributed by atoms with E-state index in [0.717, 1.165) is 36.2 Å². The number of rotatable bonds is 8. The predicted octanol–water partition coefficient (Wildman–Crippen LogP) is 7.17. The SMILES string of the molecule is CN(C)CCCNC(=O)c1ccc(-c2ccc(-c3ccc(Cl)cc3)n2-c2cccc(C(F)(F)F)c2)cc1. The summed E-state index contributed by atoms with van der Waals surface area (Å²) < 4.78 is 42.3. The highest BCUT2D eigenvalue weighted by molar-refractivity contribution is 6.30. The lowest BCUT2D eigenvalue weighted by atomic mass is 10.1. The Bertz CT molecular complexity index is 1360. The van der Waals surface area contributed by atoms with Crippen molar-refractivity contribution in [3.63, 3.8) is 0 Å². The number of aromatic nitrogens is 1. The van der Waals surface area contributed by atoms with E-state index >= 15 is 0 Å². The van der Waals surface area contributed by atoms with Crippen LogP contribution in [0.1, 0.15) is 22.3 Å². The lowest BCUT2D eigenvalue weighted by Gasteiger charge is -2.16. The van der Waals surface area contributed by atoms with Gasteiger partial charge in [-0.25, -0.2) is 0 Å². The number of carbonyl (C=O) groups excluding carboxylic acids is 1. The van der Waals surface area contributed by atoms with Crippen LogP contribution >= 0.6 is 11.6 Å². The van der Waals surface area contributed by atoms with Gasteiger partial charge in [-0.15, -0.1) is 0 Å². The Labute approximate surface area is 219 Å². The fourth-order valence-electron chi connectivity index (χ4n) is 4.10. The van der Waals surface area contributed by atoms with Crippen LogP contribution < -0.4 is 5.32 Å². The molecular formula is C29H27ClF3N3O. The van der Waals surface area contributed by atoms with Crippen LogP contribution in [-0.4, -0.2) is 42.6 Å². The van der Waals surface area contributed by atoms with E-state index in [2.05, 4.69) is 10.2 Å². The van der Waals surface area contributed by atoms with E-state index < -0.39 is 11.7 Å². The molecule has 0 aliphatic rings. The molecular weight excluding hydrogens is 499 g/mol. The van der Waals surface area contributed by atoms with Gasteiger partial charge in [-0.3, -0.25) is 4.79 Å². The monoisotopic (exact) mass is 525 g/mol. The van der Waals surface area contributed by atoms with Gasteiger partial charge < -0.3 is 14.8 Å². The number of benzene rings is 3. The summed E-state index contributed by atoms with van der Waals surface area (Å²) in [7, 11) is 3.96. The van der Waals surface area contributed by atoms with Crippen LogP contribution in [0.15, 0.2) is 84.9 Å². The van der Waals surface area contributed by atoms with Gasteiger partial charge >= 0.3 is 6.18 Å². The van der Waals surface area contributed by atoms with E-state index in [9.17, 15) is 18.0 Å². The highest BCUT2D eigenvalue weighted by Crippen LogP contribution is 2.36. The molecule has 1 aromatic heterocycles. The summed E-state index contributed by atoms with van der Waals surface area (Å²) in [6.07, 6.45) is -3.62. The van der Waals surface area contributed by atoms with Gasteiger partial charge in [0.2, 0.25) is 0 Å². The molecule has 8 heteroatoms. The Hall–Kier alpha value is -3.55. The van der Waals surface area contributed by atoms with E-state index in [0.29, 0.717) is 34.2 Å². The van der Waals surface area contributed by atoms with E-state index in [4.69, 9.17) is 11.6 Å². The molecule has 0 saturated carbocycles. The second-order valence-electron chi connectivity index (χ2n) is 8.98. The highest BCUT2D eigenvalue weighted by Gasteiger charge is 2.31. The van der Waals surface area contributed by atoms with Gasteiger partial charge in [0, 0.05) is 22.8 Å². The standard InChI is InChI=1S/C29H27ClF3N3O/c1-35(2)18-4-17-34-28(37)22-9-7-20(8-10-22)26-15-16-27(21-11-13-24(30)14-12-21)36(26)25-6-3-5-23(19-25)29(31,32)33/h3,5-16,19H,4,17-18H2,1-2H3,(H,34,37). The number of amides is 1. The minimum absolute atomic E-state index is 0.166. The quantitative estimate of drug-likeness (QED) is 0.248. The topological polar surface area (TPSA) is 37.3 Å². The van der Waals surface area contributed by atoms with Gasteiger partial charge in [0.15, 0.2) is 0 Å². The average molecular weight is 526 g/mol. The molecule has 37 heavy (non-hydrogen) atoms. The Morgan fingerprint density at radius 2 is 1.49 bits per heavy atom. The normalized spacial score (nSPS) is 11.6. The summed E-state index contributed by atoms with van der Waals surface area (Å²) in [5.41, 5.74) is 3.15. The smallest absolute Gasteiger partial charge is 0.352 e. The van der Waals surface area contributed by atoms with Crippen LogP contribution in [0.5, 0.6) is 0 Å². The lowest BCUT2D eigenvalue weighted by Crippen LogP contribution is -2.27. The first kappa shape index (κ1) is 26.5.